The Morgan fingerprint density at radius 3 is 2.45 bits per heavy atom. The Hall–Kier alpha value is -2.76. The highest BCUT2D eigenvalue weighted by atomic mass is 16.5. The fraction of sp³-hybridized carbons (Fsp3) is 0.143. The van der Waals surface area contributed by atoms with E-state index in [2.05, 4.69) is 10.1 Å². The standard InChI is InChI=1S/C14H15N3O3/c1-9-7-10(14(15)17-18)8-13(16-9)20-12-5-3-11(19-2)4-6-12/h3-8,18H,1-2H3,(H2,15,17). The number of amidine groups is 1. The topological polar surface area (TPSA) is 90.0 Å². The SMILES string of the molecule is COc1ccc(Oc2cc(/C(N)=N/O)cc(C)n2)cc1. The van der Waals surface area contributed by atoms with Crippen LogP contribution in [0.25, 0.3) is 0 Å². The maximum atomic E-state index is 8.71. The Morgan fingerprint density at radius 2 is 1.85 bits per heavy atom. The number of methoxy groups -OCH3 is 1. The predicted molar refractivity (Wildman–Crippen MR) is 74.6 cm³/mol. The molecule has 0 unspecified atom stereocenters. The Kier molecular flexibility index (Phi) is 4.05. The number of aromatic nitrogens is 1. The Balaban J connectivity index is 2.26. The number of ether oxygens (including phenoxy) is 2. The van der Waals surface area contributed by atoms with E-state index >= 15 is 0 Å². The molecule has 1 aromatic carbocycles. The molecule has 2 aromatic rings. The van der Waals surface area contributed by atoms with Gasteiger partial charge in [-0.3, -0.25) is 0 Å². The first-order valence-electron chi connectivity index (χ1n) is 5.91. The van der Waals surface area contributed by atoms with Crippen LogP contribution in [0.4, 0.5) is 0 Å². The smallest absolute Gasteiger partial charge is 0.220 e. The number of rotatable bonds is 4. The largest absolute Gasteiger partial charge is 0.497 e. The molecule has 0 aliphatic rings. The molecule has 20 heavy (non-hydrogen) atoms. The quantitative estimate of drug-likeness (QED) is 0.386. The van der Waals surface area contributed by atoms with Crippen molar-refractivity contribution < 1.29 is 14.7 Å². The number of nitrogens with zero attached hydrogens (tertiary/aromatic N) is 2. The summed E-state index contributed by atoms with van der Waals surface area (Å²) in [7, 11) is 1.60. The molecular weight excluding hydrogens is 258 g/mol. The van der Waals surface area contributed by atoms with Gasteiger partial charge in [0.15, 0.2) is 5.84 Å². The Bertz CT molecular complexity index is 624. The van der Waals surface area contributed by atoms with Crippen molar-refractivity contribution in [3.05, 3.63) is 47.7 Å². The van der Waals surface area contributed by atoms with Crippen LogP contribution >= 0.6 is 0 Å². The van der Waals surface area contributed by atoms with E-state index in [1.54, 1.807) is 50.4 Å². The van der Waals surface area contributed by atoms with Gasteiger partial charge in [0.05, 0.1) is 7.11 Å². The van der Waals surface area contributed by atoms with Gasteiger partial charge in [-0.25, -0.2) is 4.98 Å². The molecule has 0 atom stereocenters. The zero-order valence-electron chi connectivity index (χ0n) is 11.2. The summed E-state index contributed by atoms with van der Waals surface area (Å²) in [4.78, 5) is 4.24. The van der Waals surface area contributed by atoms with Gasteiger partial charge in [0, 0.05) is 17.3 Å². The molecule has 0 aliphatic carbocycles. The second kappa shape index (κ2) is 5.92. The molecule has 1 aromatic heterocycles. The summed E-state index contributed by atoms with van der Waals surface area (Å²) in [6, 6.07) is 10.4. The molecule has 1 heterocycles. The van der Waals surface area contributed by atoms with Crippen molar-refractivity contribution in [3.8, 4) is 17.4 Å². The lowest BCUT2D eigenvalue weighted by atomic mass is 10.2. The predicted octanol–water partition coefficient (Wildman–Crippen LogP) is 2.29. The molecule has 6 nitrogen and oxygen atoms in total. The summed E-state index contributed by atoms with van der Waals surface area (Å²) in [6.45, 7) is 1.80. The number of hydrogen-bond acceptors (Lipinski definition) is 5. The zero-order chi connectivity index (χ0) is 14.5. The fourth-order valence-electron chi connectivity index (χ4n) is 1.66. The lowest BCUT2D eigenvalue weighted by Crippen LogP contribution is -2.13. The van der Waals surface area contributed by atoms with Gasteiger partial charge in [-0.1, -0.05) is 5.16 Å². The average Bonchev–Trinajstić information content (AvgIpc) is 2.46. The summed E-state index contributed by atoms with van der Waals surface area (Å²) in [5.74, 6) is 1.74. The van der Waals surface area contributed by atoms with E-state index in [9.17, 15) is 0 Å². The van der Waals surface area contributed by atoms with Crippen LogP contribution in [0.3, 0.4) is 0 Å². The van der Waals surface area contributed by atoms with Gasteiger partial charge in [0.1, 0.15) is 11.5 Å². The van der Waals surface area contributed by atoms with Gasteiger partial charge in [-0.05, 0) is 37.3 Å². The second-order valence-electron chi connectivity index (χ2n) is 4.10. The van der Waals surface area contributed by atoms with Crippen LogP contribution in [0.1, 0.15) is 11.3 Å². The summed E-state index contributed by atoms with van der Waals surface area (Å²) in [6.07, 6.45) is 0. The molecule has 0 aliphatic heterocycles. The highest BCUT2D eigenvalue weighted by molar-refractivity contribution is 5.97. The van der Waals surface area contributed by atoms with Gasteiger partial charge in [-0.2, -0.15) is 0 Å². The lowest BCUT2D eigenvalue weighted by molar-refractivity contribution is 0.318. The van der Waals surface area contributed by atoms with Gasteiger partial charge >= 0.3 is 0 Å². The van der Waals surface area contributed by atoms with Gasteiger partial charge in [0.2, 0.25) is 5.88 Å². The average molecular weight is 273 g/mol. The molecule has 104 valence electrons. The molecular formula is C14H15N3O3. The van der Waals surface area contributed by atoms with Crippen LogP contribution in [0.15, 0.2) is 41.6 Å². The Morgan fingerprint density at radius 1 is 1.20 bits per heavy atom. The number of oxime groups is 1. The van der Waals surface area contributed by atoms with Crippen molar-refractivity contribution in [1.82, 2.24) is 4.98 Å². The Labute approximate surface area is 116 Å². The number of benzene rings is 1. The van der Waals surface area contributed by atoms with E-state index in [4.69, 9.17) is 20.4 Å². The third-order valence-corrected chi connectivity index (χ3v) is 2.62. The first-order valence-corrected chi connectivity index (χ1v) is 5.91. The maximum Gasteiger partial charge on any atom is 0.220 e. The second-order valence-corrected chi connectivity index (χ2v) is 4.10. The van der Waals surface area contributed by atoms with E-state index in [1.807, 2.05) is 0 Å². The summed E-state index contributed by atoms with van der Waals surface area (Å²) >= 11 is 0. The van der Waals surface area contributed by atoms with Gasteiger partial charge < -0.3 is 20.4 Å². The van der Waals surface area contributed by atoms with Crippen molar-refractivity contribution in [1.29, 1.82) is 0 Å². The first kappa shape index (κ1) is 13.7. The van der Waals surface area contributed by atoms with Crippen LogP contribution in [-0.2, 0) is 0 Å². The fourth-order valence-corrected chi connectivity index (χ4v) is 1.66. The maximum absolute atomic E-state index is 8.71. The number of pyridine rings is 1. The van der Waals surface area contributed by atoms with E-state index in [-0.39, 0.29) is 5.84 Å². The monoisotopic (exact) mass is 273 g/mol. The van der Waals surface area contributed by atoms with Crippen molar-refractivity contribution >= 4 is 5.84 Å². The number of hydrogen-bond donors (Lipinski definition) is 2. The first-order chi connectivity index (χ1) is 9.62. The molecule has 0 radical (unpaired) electrons. The van der Waals surface area contributed by atoms with Crippen molar-refractivity contribution in [3.63, 3.8) is 0 Å². The molecule has 2 rings (SSSR count). The van der Waals surface area contributed by atoms with Crippen LogP contribution in [0.5, 0.6) is 17.4 Å². The van der Waals surface area contributed by atoms with Gasteiger partial charge in [0.25, 0.3) is 0 Å². The van der Waals surface area contributed by atoms with E-state index in [0.717, 1.165) is 5.75 Å². The summed E-state index contributed by atoms with van der Waals surface area (Å²) < 4.78 is 10.7. The van der Waals surface area contributed by atoms with Crippen LogP contribution < -0.4 is 15.2 Å². The minimum atomic E-state index is 0.00933. The molecule has 0 saturated heterocycles. The van der Waals surface area contributed by atoms with Crippen LogP contribution in [0.2, 0.25) is 0 Å². The molecule has 0 amide bonds. The van der Waals surface area contributed by atoms with E-state index in [0.29, 0.717) is 22.9 Å². The minimum Gasteiger partial charge on any atom is -0.497 e. The van der Waals surface area contributed by atoms with Crippen LogP contribution in [-0.4, -0.2) is 23.1 Å². The molecule has 0 spiro atoms. The van der Waals surface area contributed by atoms with Crippen molar-refractivity contribution in [2.45, 2.75) is 6.92 Å². The minimum absolute atomic E-state index is 0.00933. The molecule has 0 saturated carbocycles. The van der Waals surface area contributed by atoms with E-state index in [1.165, 1.54) is 0 Å². The highest BCUT2D eigenvalue weighted by Crippen LogP contribution is 2.23. The lowest BCUT2D eigenvalue weighted by Gasteiger charge is -2.08. The van der Waals surface area contributed by atoms with E-state index < -0.39 is 0 Å². The summed E-state index contributed by atoms with van der Waals surface area (Å²) in [5, 5.41) is 11.7. The number of nitrogens with two attached hydrogens (primary N) is 1. The van der Waals surface area contributed by atoms with Crippen molar-refractivity contribution in [2.24, 2.45) is 10.9 Å². The third-order valence-electron chi connectivity index (χ3n) is 2.62. The number of aryl methyl sites for hydroxylation is 1. The summed E-state index contributed by atoms with van der Waals surface area (Å²) in [5.41, 5.74) is 6.81. The van der Waals surface area contributed by atoms with Crippen molar-refractivity contribution in [2.75, 3.05) is 7.11 Å². The highest BCUT2D eigenvalue weighted by Gasteiger charge is 2.06. The van der Waals surface area contributed by atoms with Gasteiger partial charge in [-0.15, -0.1) is 0 Å². The zero-order valence-corrected chi connectivity index (χ0v) is 11.2. The molecule has 0 bridgehead atoms. The molecule has 0 fully saturated rings. The third kappa shape index (κ3) is 3.17. The molecule has 3 N–H and O–H groups in total. The normalized spacial score (nSPS) is 11.2. The molecule has 6 heteroatoms. The van der Waals surface area contributed by atoms with Crippen LogP contribution in [0, 0.1) is 6.92 Å².